The molecule has 0 saturated carbocycles. The molecule has 0 spiro atoms. The van der Waals surface area contributed by atoms with Crippen LogP contribution >= 0.6 is 11.6 Å². The standard InChI is InChI=1S/C29H23ClF6N4O5/c30-18-9-19(31)17(8-20(18)32)24(15-11-44-12-15)39-27(41)23-7-16(45-29(43)14-2-4-38-22(6-14)26(35)36)10-40(23)28(42)13-1-3-37-21(5-13)25(33)34/h1-6,8-9,15-16,23-26H,7,10-12H2,(H,39,41)/t16-,23-,24-/m1/s1. The molecule has 1 aromatic carbocycles. The van der Waals surface area contributed by atoms with Crippen molar-refractivity contribution in [2.24, 2.45) is 5.92 Å². The molecule has 3 aromatic rings. The summed E-state index contributed by atoms with van der Waals surface area (Å²) in [4.78, 5) is 48.1. The van der Waals surface area contributed by atoms with Crippen LogP contribution in [0.25, 0.3) is 0 Å². The summed E-state index contributed by atoms with van der Waals surface area (Å²) in [7, 11) is 0. The zero-order valence-electron chi connectivity index (χ0n) is 22.9. The van der Waals surface area contributed by atoms with Gasteiger partial charge in [-0.15, -0.1) is 0 Å². The molecule has 2 aliphatic heterocycles. The Morgan fingerprint density at radius 3 is 2.16 bits per heavy atom. The molecule has 0 unspecified atom stereocenters. The molecule has 1 N–H and O–H groups in total. The van der Waals surface area contributed by atoms with Crippen molar-refractivity contribution in [2.75, 3.05) is 19.8 Å². The fraction of sp³-hybridized carbons (Fsp3) is 0.345. The number of likely N-dealkylation sites (tertiary alicyclic amines) is 1. The van der Waals surface area contributed by atoms with Gasteiger partial charge in [-0.25, -0.2) is 31.1 Å². The van der Waals surface area contributed by atoms with Crippen molar-refractivity contribution >= 4 is 29.4 Å². The van der Waals surface area contributed by atoms with E-state index in [-0.39, 0.29) is 42.9 Å². The summed E-state index contributed by atoms with van der Waals surface area (Å²) >= 11 is 5.69. The van der Waals surface area contributed by atoms with E-state index in [1.165, 1.54) is 0 Å². The average Bonchev–Trinajstić information content (AvgIpc) is 3.41. The number of alkyl halides is 4. The Bertz CT molecular complexity index is 1610. The summed E-state index contributed by atoms with van der Waals surface area (Å²) in [6.45, 7) is -0.187. The number of rotatable bonds is 9. The van der Waals surface area contributed by atoms with Crippen LogP contribution < -0.4 is 5.32 Å². The first-order chi connectivity index (χ1) is 21.4. The van der Waals surface area contributed by atoms with Crippen LogP contribution in [0.3, 0.4) is 0 Å². The second-order valence-electron chi connectivity index (χ2n) is 10.3. The number of ether oxygens (including phenoxy) is 2. The van der Waals surface area contributed by atoms with Gasteiger partial charge in [0.15, 0.2) is 0 Å². The summed E-state index contributed by atoms with van der Waals surface area (Å²) in [6.07, 6.45) is -5.42. The van der Waals surface area contributed by atoms with E-state index in [1.54, 1.807) is 0 Å². The highest BCUT2D eigenvalue weighted by Crippen LogP contribution is 2.34. The summed E-state index contributed by atoms with van der Waals surface area (Å²) in [5.41, 5.74) is -2.08. The molecule has 2 saturated heterocycles. The van der Waals surface area contributed by atoms with E-state index in [0.717, 1.165) is 53.7 Å². The van der Waals surface area contributed by atoms with Crippen LogP contribution in [0.2, 0.25) is 5.02 Å². The van der Waals surface area contributed by atoms with Crippen LogP contribution in [0.4, 0.5) is 26.3 Å². The zero-order valence-corrected chi connectivity index (χ0v) is 23.7. The normalized spacial score (nSPS) is 19.0. The van der Waals surface area contributed by atoms with Crippen LogP contribution in [0.1, 0.15) is 63.0 Å². The van der Waals surface area contributed by atoms with Crippen molar-refractivity contribution in [2.45, 2.75) is 37.5 Å². The highest BCUT2D eigenvalue weighted by molar-refractivity contribution is 6.30. The molecule has 9 nitrogen and oxygen atoms in total. The summed E-state index contributed by atoms with van der Waals surface area (Å²) in [5, 5.41) is 2.16. The molecule has 5 rings (SSSR count). The van der Waals surface area contributed by atoms with Gasteiger partial charge in [0.05, 0.1) is 36.4 Å². The molecular weight excluding hydrogens is 634 g/mol. The molecule has 0 radical (unpaired) electrons. The van der Waals surface area contributed by atoms with E-state index in [0.29, 0.717) is 0 Å². The van der Waals surface area contributed by atoms with E-state index in [9.17, 15) is 40.7 Å². The van der Waals surface area contributed by atoms with Gasteiger partial charge in [0.2, 0.25) is 5.91 Å². The SMILES string of the molecule is O=C(O[C@@H]1C[C@H](C(=O)N[C@@H](c2cc(F)c(Cl)cc2F)C2COC2)N(C(=O)c2ccnc(C(F)F)c2)C1)c1ccnc(C(F)F)c1. The average molecular weight is 657 g/mol. The third kappa shape index (κ3) is 7.04. The molecule has 2 fully saturated rings. The number of nitrogens with one attached hydrogen (secondary N) is 1. The Hall–Kier alpha value is -4.24. The van der Waals surface area contributed by atoms with Gasteiger partial charge in [0.1, 0.15) is 35.2 Å². The van der Waals surface area contributed by atoms with Gasteiger partial charge >= 0.3 is 5.97 Å². The summed E-state index contributed by atoms with van der Waals surface area (Å²) < 4.78 is 92.7. The smallest absolute Gasteiger partial charge is 0.338 e. The Morgan fingerprint density at radius 2 is 1.56 bits per heavy atom. The molecule has 0 bridgehead atoms. The number of hydrogen-bond acceptors (Lipinski definition) is 7. The topological polar surface area (TPSA) is 111 Å². The molecule has 3 atom stereocenters. The van der Waals surface area contributed by atoms with Crippen LogP contribution in [0.15, 0.2) is 48.8 Å². The zero-order chi connectivity index (χ0) is 32.4. The van der Waals surface area contributed by atoms with Gasteiger partial charge in [-0.05, 0) is 36.4 Å². The van der Waals surface area contributed by atoms with Crippen LogP contribution in [-0.4, -0.2) is 64.6 Å². The number of esters is 1. The molecule has 2 aliphatic rings. The first-order valence-electron chi connectivity index (χ1n) is 13.5. The maximum Gasteiger partial charge on any atom is 0.338 e. The first kappa shape index (κ1) is 32.2. The highest BCUT2D eigenvalue weighted by Gasteiger charge is 2.44. The van der Waals surface area contributed by atoms with E-state index in [2.05, 4.69) is 15.3 Å². The summed E-state index contributed by atoms with van der Waals surface area (Å²) in [5.74, 6) is -5.08. The second-order valence-corrected chi connectivity index (χ2v) is 10.8. The molecule has 2 amide bonds. The second kappa shape index (κ2) is 13.4. The van der Waals surface area contributed by atoms with Crippen LogP contribution in [0.5, 0.6) is 0 Å². The fourth-order valence-electron chi connectivity index (χ4n) is 5.06. The van der Waals surface area contributed by atoms with Gasteiger partial charge in [0, 0.05) is 35.9 Å². The first-order valence-corrected chi connectivity index (χ1v) is 13.8. The predicted molar refractivity (Wildman–Crippen MR) is 144 cm³/mol. The number of benzene rings is 1. The fourth-order valence-corrected chi connectivity index (χ4v) is 5.21. The number of aromatic nitrogens is 2. The Balaban J connectivity index is 1.42. The van der Waals surface area contributed by atoms with Gasteiger partial charge in [0.25, 0.3) is 18.8 Å². The minimum Gasteiger partial charge on any atom is -0.457 e. The molecular formula is C29H23ClF6N4O5. The monoisotopic (exact) mass is 656 g/mol. The lowest BCUT2D eigenvalue weighted by Gasteiger charge is -2.36. The predicted octanol–water partition coefficient (Wildman–Crippen LogP) is 5.23. The van der Waals surface area contributed by atoms with Crippen molar-refractivity contribution in [1.29, 1.82) is 0 Å². The lowest BCUT2D eigenvalue weighted by molar-refractivity contribution is -0.128. The summed E-state index contributed by atoms with van der Waals surface area (Å²) in [6, 6.07) is 3.09. The molecule has 238 valence electrons. The van der Waals surface area contributed by atoms with E-state index < -0.39 is 82.8 Å². The van der Waals surface area contributed by atoms with Crippen LogP contribution in [0, 0.1) is 17.6 Å². The van der Waals surface area contributed by atoms with Gasteiger partial charge in [-0.3, -0.25) is 19.6 Å². The molecule has 16 heteroatoms. The van der Waals surface area contributed by atoms with E-state index in [1.807, 2.05) is 0 Å². The van der Waals surface area contributed by atoms with Gasteiger partial charge in [-0.2, -0.15) is 0 Å². The number of halogens is 7. The third-order valence-electron chi connectivity index (χ3n) is 7.40. The number of hydrogen-bond donors (Lipinski definition) is 1. The van der Waals surface area contributed by atoms with E-state index in [4.69, 9.17) is 21.1 Å². The van der Waals surface area contributed by atoms with Crippen molar-refractivity contribution in [3.05, 3.63) is 93.5 Å². The van der Waals surface area contributed by atoms with Crippen LogP contribution in [-0.2, 0) is 14.3 Å². The lowest BCUT2D eigenvalue weighted by Crippen LogP contribution is -2.50. The van der Waals surface area contributed by atoms with E-state index >= 15 is 0 Å². The van der Waals surface area contributed by atoms with Crippen molar-refractivity contribution in [3.8, 4) is 0 Å². The molecule has 4 heterocycles. The number of pyridine rings is 2. The Morgan fingerprint density at radius 1 is 0.933 bits per heavy atom. The van der Waals surface area contributed by atoms with Crippen molar-refractivity contribution in [3.63, 3.8) is 0 Å². The maximum absolute atomic E-state index is 14.9. The minimum atomic E-state index is -3.00. The Labute approximate surface area is 256 Å². The quantitative estimate of drug-likeness (QED) is 0.191. The van der Waals surface area contributed by atoms with Gasteiger partial charge in [-0.1, -0.05) is 11.6 Å². The molecule has 45 heavy (non-hydrogen) atoms. The number of amides is 2. The number of nitrogens with zero attached hydrogens (tertiary/aromatic N) is 3. The lowest BCUT2D eigenvalue weighted by atomic mass is 9.90. The number of carbonyl (C=O) groups is 3. The molecule has 2 aromatic heterocycles. The molecule has 0 aliphatic carbocycles. The maximum atomic E-state index is 14.9. The van der Waals surface area contributed by atoms with Gasteiger partial charge < -0.3 is 19.7 Å². The Kier molecular flexibility index (Phi) is 9.58. The third-order valence-corrected chi connectivity index (χ3v) is 7.69. The van der Waals surface area contributed by atoms with Crippen molar-refractivity contribution < 1.29 is 50.2 Å². The number of carbonyl (C=O) groups excluding carboxylic acids is 3. The minimum absolute atomic E-state index is 0.0993. The largest absolute Gasteiger partial charge is 0.457 e. The highest BCUT2D eigenvalue weighted by atomic mass is 35.5. The van der Waals surface area contributed by atoms with Crippen molar-refractivity contribution in [1.82, 2.24) is 20.2 Å².